The molecule has 0 unspecified atom stereocenters. The monoisotopic (exact) mass is 457 g/mol. The first kappa shape index (κ1) is 23.6. The summed E-state index contributed by atoms with van der Waals surface area (Å²) in [6, 6.07) is 26.3. The van der Waals surface area contributed by atoms with Crippen LogP contribution in [0.3, 0.4) is 0 Å². The molecule has 1 aromatic heterocycles. The molecule has 0 aliphatic rings. The van der Waals surface area contributed by atoms with Gasteiger partial charge in [-0.15, -0.1) is 0 Å². The van der Waals surface area contributed by atoms with Gasteiger partial charge in [-0.1, -0.05) is 80.6 Å². The predicted octanol–water partition coefficient (Wildman–Crippen LogP) is 7.34. The van der Waals surface area contributed by atoms with E-state index in [9.17, 15) is 13.6 Å². The van der Waals surface area contributed by atoms with E-state index in [0.29, 0.717) is 18.5 Å². The number of hydrogen-bond donors (Lipinski definition) is 0. The smallest absolute Gasteiger partial charge is 0.165 e. The van der Waals surface area contributed by atoms with Crippen LogP contribution in [0.25, 0.3) is 0 Å². The van der Waals surface area contributed by atoms with E-state index in [2.05, 4.69) is 42.7 Å². The molecule has 0 bridgehead atoms. The largest absolute Gasteiger partial charge is 0.343 e. The van der Waals surface area contributed by atoms with Gasteiger partial charge in [0.15, 0.2) is 17.4 Å². The molecule has 0 radical (unpaired) electrons. The fraction of sp³-hybridized carbons (Fsp3) is 0.233. The highest BCUT2D eigenvalue weighted by atomic mass is 19.2. The molecule has 3 aromatic carbocycles. The zero-order valence-electron chi connectivity index (χ0n) is 19.6. The summed E-state index contributed by atoms with van der Waals surface area (Å²) < 4.78 is 29.1. The highest BCUT2D eigenvalue weighted by molar-refractivity contribution is 5.98. The van der Waals surface area contributed by atoms with Crippen LogP contribution in [0.15, 0.2) is 84.9 Å². The molecule has 0 spiro atoms. The van der Waals surface area contributed by atoms with Gasteiger partial charge in [0, 0.05) is 36.3 Å². The Morgan fingerprint density at radius 1 is 0.794 bits per heavy atom. The average molecular weight is 458 g/mol. The van der Waals surface area contributed by atoms with Crippen molar-refractivity contribution in [3.63, 3.8) is 0 Å². The molecule has 0 aliphatic carbocycles. The molecule has 4 heteroatoms. The van der Waals surface area contributed by atoms with Crippen LogP contribution in [0.5, 0.6) is 0 Å². The van der Waals surface area contributed by atoms with Crippen molar-refractivity contribution in [2.45, 2.75) is 45.6 Å². The quantitative estimate of drug-likeness (QED) is 0.241. The molecule has 34 heavy (non-hydrogen) atoms. The number of aryl methyl sites for hydroxylation is 1. The number of aromatic nitrogens is 1. The van der Waals surface area contributed by atoms with Gasteiger partial charge in [-0.3, -0.25) is 4.79 Å². The third-order valence-electron chi connectivity index (χ3n) is 6.11. The van der Waals surface area contributed by atoms with Crippen molar-refractivity contribution in [3.8, 4) is 0 Å². The Labute approximate surface area is 199 Å². The number of benzene rings is 3. The zero-order valence-corrected chi connectivity index (χ0v) is 19.6. The number of carbonyl (C=O) groups excluding carboxylic acids is 1. The first-order chi connectivity index (χ1) is 16.4. The standard InChI is InChI=1S/C30H29F2NO/c1-21(2)30-26(29(34)16-14-23-13-15-27(31)28(32)18-23)19-25(17-22-9-5-3-6-10-22)33(30)20-24-11-7-4-8-12-24/h3-13,15,18-19,21H,14,16-17,20H2,1-2H3. The molecule has 0 saturated heterocycles. The maximum atomic E-state index is 13.6. The fourth-order valence-corrected chi connectivity index (χ4v) is 4.46. The van der Waals surface area contributed by atoms with Gasteiger partial charge in [0.05, 0.1) is 0 Å². The molecule has 4 rings (SSSR count). The van der Waals surface area contributed by atoms with Crippen LogP contribution < -0.4 is 0 Å². The number of hydrogen-bond acceptors (Lipinski definition) is 1. The first-order valence-electron chi connectivity index (χ1n) is 11.7. The third-order valence-corrected chi connectivity index (χ3v) is 6.11. The number of Topliss-reactive ketones (excluding diaryl/α,β-unsaturated/α-hetero) is 1. The lowest BCUT2D eigenvalue weighted by atomic mass is 9.98. The molecule has 4 aromatic rings. The Morgan fingerprint density at radius 3 is 2.06 bits per heavy atom. The molecule has 0 atom stereocenters. The molecule has 0 aliphatic heterocycles. The summed E-state index contributed by atoms with van der Waals surface area (Å²) in [5, 5.41) is 0. The minimum absolute atomic E-state index is 0.0227. The summed E-state index contributed by atoms with van der Waals surface area (Å²) in [4.78, 5) is 13.4. The molecule has 2 nitrogen and oxygen atoms in total. The summed E-state index contributed by atoms with van der Waals surface area (Å²) >= 11 is 0. The van der Waals surface area contributed by atoms with Crippen molar-refractivity contribution in [2.75, 3.05) is 0 Å². The second kappa shape index (κ2) is 10.6. The lowest BCUT2D eigenvalue weighted by Crippen LogP contribution is -2.12. The molecule has 0 saturated carbocycles. The topological polar surface area (TPSA) is 22.0 Å². The van der Waals surface area contributed by atoms with Crippen LogP contribution in [0, 0.1) is 11.6 Å². The van der Waals surface area contributed by atoms with Crippen LogP contribution in [0.1, 0.15) is 64.6 Å². The zero-order chi connectivity index (χ0) is 24.1. The van der Waals surface area contributed by atoms with Gasteiger partial charge >= 0.3 is 0 Å². The van der Waals surface area contributed by atoms with Crippen molar-refractivity contribution in [1.82, 2.24) is 4.57 Å². The van der Waals surface area contributed by atoms with E-state index < -0.39 is 11.6 Å². The van der Waals surface area contributed by atoms with E-state index in [4.69, 9.17) is 0 Å². The molecule has 0 amide bonds. The van der Waals surface area contributed by atoms with E-state index in [1.165, 1.54) is 23.3 Å². The Balaban J connectivity index is 1.68. The second-order valence-corrected chi connectivity index (χ2v) is 9.00. The lowest BCUT2D eigenvalue weighted by Gasteiger charge is -2.17. The highest BCUT2D eigenvalue weighted by Crippen LogP contribution is 2.28. The first-order valence-corrected chi connectivity index (χ1v) is 11.7. The summed E-state index contributed by atoms with van der Waals surface area (Å²) in [5.74, 6) is -1.59. The SMILES string of the molecule is CC(C)c1c(C(=O)CCc2ccc(F)c(F)c2)cc(Cc2ccccc2)n1Cc1ccccc1. The van der Waals surface area contributed by atoms with E-state index in [1.807, 2.05) is 42.5 Å². The van der Waals surface area contributed by atoms with Gasteiger partial charge in [0.1, 0.15) is 0 Å². The van der Waals surface area contributed by atoms with E-state index in [0.717, 1.165) is 29.4 Å². The van der Waals surface area contributed by atoms with Gasteiger partial charge in [0.25, 0.3) is 0 Å². The van der Waals surface area contributed by atoms with Crippen LogP contribution in [-0.4, -0.2) is 10.4 Å². The number of halogens is 2. The summed E-state index contributed by atoms with van der Waals surface area (Å²) in [7, 11) is 0. The molecule has 1 heterocycles. The van der Waals surface area contributed by atoms with Crippen LogP contribution in [0.4, 0.5) is 8.78 Å². The van der Waals surface area contributed by atoms with Crippen molar-refractivity contribution in [2.24, 2.45) is 0 Å². The fourth-order valence-electron chi connectivity index (χ4n) is 4.46. The van der Waals surface area contributed by atoms with E-state index in [1.54, 1.807) is 0 Å². The Hall–Kier alpha value is -3.53. The predicted molar refractivity (Wildman–Crippen MR) is 132 cm³/mol. The van der Waals surface area contributed by atoms with Crippen LogP contribution in [0.2, 0.25) is 0 Å². The number of nitrogens with zero attached hydrogens (tertiary/aromatic N) is 1. The van der Waals surface area contributed by atoms with Crippen molar-refractivity contribution in [1.29, 1.82) is 0 Å². The highest BCUT2D eigenvalue weighted by Gasteiger charge is 2.23. The Kier molecular flexibility index (Phi) is 7.36. The van der Waals surface area contributed by atoms with E-state index in [-0.39, 0.29) is 18.1 Å². The van der Waals surface area contributed by atoms with Crippen molar-refractivity contribution >= 4 is 5.78 Å². The Morgan fingerprint density at radius 2 is 1.44 bits per heavy atom. The van der Waals surface area contributed by atoms with Gasteiger partial charge in [0.2, 0.25) is 0 Å². The molecular formula is C30H29F2NO. The number of carbonyl (C=O) groups is 1. The van der Waals surface area contributed by atoms with Gasteiger partial charge in [-0.05, 0) is 47.2 Å². The van der Waals surface area contributed by atoms with Gasteiger partial charge in [-0.2, -0.15) is 0 Å². The maximum absolute atomic E-state index is 13.6. The minimum atomic E-state index is -0.882. The molecular weight excluding hydrogens is 428 g/mol. The normalized spacial score (nSPS) is 11.2. The molecule has 174 valence electrons. The lowest BCUT2D eigenvalue weighted by molar-refractivity contribution is 0.0981. The second-order valence-electron chi connectivity index (χ2n) is 9.00. The maximum Gasteiger partial charge on any atom is 0.165 e. The minimum Gasteiger partial charge on any atom is -0.343 e. The van der Waals surface area contributed by atoms with Gasteiger partial charge < -0.3 is 4.57 Å². The Bertz CT molecular complexity index is 1260. The number of ketones is 1. The molecule has 0 fully saturated rings. The van der Waals surface area contributed by atoms with Crippen LogP contribution >= 0.6 is 0 Å². The third kappa shape index (κ3) is 5.51. The molecule has 0 N–H and O–H groups in total. The summed E-state index contributed by atoms with van der Waals surface area (Å²) in [6.07, 6.45) is 1.33. The summed E-state index contributed by atoms with van der Waals surface area (Å²) in [6.45, 7) is 4.90. The van der Waals surface area contributed by atoms with Crippen LogP contribution in [-0.2, 0) is 19.4 Å². The summed E-state index contributed by atoms with van der Waals surface area (Å²) in [5.41, 5.74) is 5.81. The van der Waals surface area contributed by atoms with Gasteiger partial charge in [-0.25, -0.2) is 8.78 Å². The van der Waals surface area contributed by atoms with Crippen molar-refractivity contribution < 1.29 is 13.6 Å². The number of rotatable bonds is 9. The van der Waals surface area contributed by atoms with Crippen molar-refractivity contribution in [3.05, 3.63) is 130 Å². The average Bonchev–Trinajstić information content (AvgIpc) is 3.19. The van der Waals surface area contributed by atoms with E-state index >= 15 is 0 Å².